The van der Waals surface area contributed by atoms with Crippen molar-refractivity contribution in [1.82, 2.24) is 9.78 Å². The molecule has 0 unspecified atom stereocenters. The van der Waals surface area contributed by atoms with Crippen LogP contribution >= 0.6 is 0 Å². The van der Waals surface area contributed by atoms with Crippen molar-refractivity contribution in [2.45, 2.75) is 51.3 Å². The Kier molecular flexibility index (Phi) is 3.94. The van der Waals surface area contributed by atoms with Crippen LogP contribution in [0.1, 0.15) is 42.7 Å². The van der Waals surface area contributed by atoms with Crippen molar-refractivity contribution in [2.75, 3.05) is 0 Å². The van der Waals surface area contributed by atoms with Crippen LogP contribution in [0.3, 0.4) is 0 Å². The van der Waals surface area contributed by atoms with Crippen molar-refractivity contribution in [1.29, 1.82) is 0 Å². The summed E-state index contributed by atoms with van der Waals surface area (Å²) in [5.74, 6) is 1.63. The molecule has 0 radical (unpaired) electrons. The second kappa shape index (κ2) is 5.56. The van der Waals surface area contributed by atoms with Crippen LogP contribution in [0.15, 0.2) is 20.7 Å². The number of fused-ring (bicyclic) bond motifs is 1. The highest BCUT2D eigenvalue weighted by atomic mass is 32.2. The maximum atomic E-state index is 12.9. The van der Waals surface area contributed by atoms with Gasteiger partial charge in [-0.2, -0.15) is 0 Å². The summed E-state index contributed by atoms with van der Waals surface area (Å²) in [5, 5.41) is 2.98. The third-order valence-electron chi connectivity index (χ3n) is 5.21. The van der Waals surface area contributed by atoms with Crippen molar-refractivity contribution in [3.63, 3.8) is 0 Å². The molecule has 0 saturated heterocycles. The van der Waals surface area contributed by atoms with E-state index < -0.39 is 15.3 Å². The minimum atomic E-state index is -3.87. The molecule has 1 aliphatic heterocycles. The Hall–Kier alpha value is -2.37. The number of aromatic nitrogens is 2. The van der Waals surface area contributed by atoms with Gasteiger partial charge in [0.2, 0.25) is 9.84 Å². The van der Waals surface area contributed by atoms with Gasteiger partial charge < -0.3 is 0 Å². The molecule has 2 aromatic rings. The fourth-order valence-electron chi connectivity index (χ4n) is 4.12. The number of hydrogen-bond donors (Lipinski definition) is 1. The van der Waals surface area contributed by atoms with Crippen molar-refractivity contribution < 1.29 is 13.2 Å². The number of rotatable bonds is 1. The SMILES string of the molecule is Cc1cc(-c2c(C)[nH]n(C)c2=O)c(C)c2c1S(=O)(=O)C(=C=O)CC2(C)C. The molecule has 0 atom stereocenters. The average molecular weight is 374 g/mol. The number of H-pyrrole nitrogens is 1. The number of sulfone groups is 1. The van der Waals surface area contributed by atoms with E-state index in [1.165, 1.54) is 4.68 Å². The van der Waals surface area contributed by atoms with Crippen LogP contribution in [0, 0.1) is 20.8 Å². The number of allylic oxidation sites excluding steroid dienone is 1. The second-order valence-electron chi connectivity index (χ2n) is 7.64. The molecule has 1 aliphatic rings. The highest BCUT2D eigenvalue weighted by Gasteiger charge is 2.43. The molecule has 1 aromatic carbocycles. The zero-order chi connectivity index (χ0) is 19.6. The van der Waals surface area contributed by atoms with E-state index in [-0.39, 0.29) is 21.8 Å². The van der Waals surface area contributed by atoms with E-state index in [1.807, 2.05) is 27.7 Å². The Morgan fingerprint density at radius 3 is 2.35 bits per heavy atom. The third-order valence-corrected chi connectivity index (χ3v) is 7.15. The number of carbonyl (C=O) groups excluding carboxylic acids is 1. The molecule has 0 aliphatic carbocycles. The normalized spacial score (nSPS) is 17.7. The van der Waals surface area contributed by atoms with E-state index in [1.54, 1.807) is 26.0 Å². The summed E-state index contributed by atoms with van der Waals surface area (Å²) in [6.07, 6.45) is 0.0969. The van der Waals surface area contributed by atoms with E-state index in [0.717, 1.165) is 16.8 Å². The molecule has 1 aromatic heterocycles. The van der Waals surface area contributed by atoms with Gasteiger partial charge in [-0.05, 0) is 54.5 Å². The summed E-state index contributed by atoms with van der Waals surface area (Å²) in [6.45, 7) is 9.19. The molecule has 0 bridgehead atoms. The standard InChI is InChI=1S/C19H22N2O4S/c1-10-7-14(15-12(3)20-21(6)18(15)23)11(2)16-17(10)26(24,25)13(9-22)8-19(16,4)5/h7,20H,8H2,1-6H3. The van der Waals surface area contributed by atoms with Crippen LogP contribution in [0.2, 0.25) is 0 Å². The molecule has 2 heterocycles. The molecule has 6 nitrogen and oxygen atoms in total. The zero-order valence-corrected chi connectivity index (χ0v) is 16.6. The van der Waals surface area contributed by atoms with Crippen molar-refractivity contribution >= 4 is 15.8 Å². The molecule has 0 saturated carbocycles. The number of nitrogens with one attached hydrogen (secondary N) is 1. The summed E-state index contributed by atoms with van der Waals surface area (Å²) in [6, 6.07) is 1.73. The highest BCUT2D eigenvalue weighted by Crippen LogP contribution is 2.47. The first-order chi connectivity index (χ1) is 11.9. The molecule has 138 valence electrons. The van der Waals surface area contributed by atoms with Crippen LogP contribution in [0.25, 0.3) is 11.1 Å². The lowest BCUT2D eigenvalue weighted by molar-refractivity contribution is 0.489. The maximum Gasteiger partial charge on any atom is 0.274 e. The molecule has 0 fully saturated rings. The summed E-state index contributed by atoms with van der Waals surface area (Å²) in [4.78, 5) is 23.8. The summed E-state index contributed by atoms with van der Waals surface area (Å²) in [5.41, 5.74) is 3.23. The molecular formula is C19H22N2O4S. The minimum Gasteiger partial charge on any atom is -0.300 e. The van der Waals surface area contributed by atoms with Crippen molar-refractivity contribution in [3.05, 3.63) is 43.7 Å². The predicted octanol–water partition coefficient (Wildman–Crippen LogP) is 2.48. The van der Waals surface area contributed by atoms with Crippen LogP contribution in [-0.2, 0) is 27.1 Å². The molecule has 1 N–H and O–H groups in total. The monoisotopic (exact) mass is 374 g/mol. The number of hydrogen-bond acceptors (Lipinski definition) is 4. The first-order valence-electron chi connectivity index (χ1n) is 8.33. The summed E-state index contributed by atoms with van der Waals surface area (Å²) < 4.78 is 27.2. The van der Waals surface area contributed by atoms with Crippen LogP contribution in [0.5, 0.6) is 0 Å². The first-order valence-corrected chi connectivity index (χ1v) is 9.81. The number of nitrogens with zero attached hydrogens (tertiary/aromatic N) is 1. The van der Waals surface area contributed by atoms with Gasteiger partial charge in [-0.15, -0.1) is 0 Å². The number of benzene rings is 1. The Morgan fingerprint density at radius 2 is 1.85 bits per heavy atom. The van der Waals surface area contributed by atoms with Gasteiger partial charge in [-0.25, -0.2) is 13.2 Å². The topological polar surface area (TPSA) is 89.0 Å². The summed E-state index contributed by atoms with van der Waals surface area (Å²) in [7, 11) is -2.22. The van der Waals surface area contributed by atoms with E-state index in [4.69, 9.17) is 0 Å². The van der Waals surface area contributed by atoms with Crippen molar-refractivity contribution in [3.8, 4) is 11.1 Å². The smallest absolute Gasteiger partial charge is 0.274 e. The van der Waals surface area contributed by atoms with Gasteiger partial charge in [0.25, 0.3) is 5.56 Å². The van der Waals surface area contributed by atoms with E-state index >= 15 is 0 Å². The maximum absolute atomic E-state index is 12.9. The van der Waals surface area contributed by atoms with Crippen LogP contribution in [0.4, 0.5) is 0 Å². The molecule has 0 spiro atoms. The van der Waals surface area contributed by atoms with E-state index in [0.29, 0.717) is 16.7 Å². The highest BCUT2D eigenvalue weighted by molar-refractivity contribution is 7.95. The molecule has 26 heavy (non-hydrogen) atoms. The first kappa shape index (κ1) is 18.4. The Bertz CT molecular complexity index is 1160. The molecular weight excluding hydrogens is 352 g/mol. The van der Waals surface area contributed by atoms with Crippen LogP contribution in [-0.4, -0.2) is 24.1 Å². The third kappa shape index (κ3) is 2.35. The van der Waals surface area contributed by atoms with Gasteiger partial charge >= 0.3 is 0 Å². The van der Waals surface area contributed by atoms with E-state index in [9.17, 15) is 18.0 Å². The van der Waals surface area contributed by atoms with Gasteiger partial charge in [-0.1, -0.05) is 13.8 Å². The largest absolute Gasteiger partial charge is 0.300 e. The van der Waals surface area contributed by atoms with Gasteiger partial charge in [0.05, 0.1) is 10.5 Å². The Morgan fingerprint density at radius 1 is 1.23 bits per heavy atom. The minimum absolute atomic E-state index is 0.0969. The Balaban J connectivity index is 2.50. The van der Waals surface area contributed by atoms with Gasteiger partial charge in [0, 0.05) is 19.2 Å². The van der Waals surface area contributed by atoms with Gasteiger partial charge in [0.15, 0.2) is 0 Å². The summed E-state index contributed by atoms with van der Waals surface area (Å²) >= 11 is 0. The molecule has 3 rings (SSSR count). The number of aromatic amines is 1. The van der Waals surface area contributed by atoms with Gasteiger partial charge in [0.1, 0.15) is 10.8 Å². The van der Waals surface area contributed by atoms with E-state index in [2.05, 4.69) is 5.10 Å². The number of aryl methyl sites for hydroxylation is 3. The Labute approximate surface area is 152 Å². The lowest BCUT2D eigenvalue weighted by Crippen LogP contribution is -2.31. The molecule has 0 amide bonds. The zero-order valence-electron chi connectivity index (χ0n) is 15.8. The second-order valence-corrected chi connectivity index (χ2v) is 9.54. The van der Waals surface area contributed by atoms with Gasteiger partial charge in [-0.3, -0.25) is 14.6 Å². The molecule has 7 heteroatoms. The van der Waals surface area contributed by atoms with Crippen LogP contribution < -0.4 is 5.56 Å². The van der Waals surface area contributed by atoms with Crippen molar-refractivity contribution in [2.24, 2.45) is 7.05 Å². The average Bonchev–Trinajstić information content (AvgIpc) is 2.78. The lowest BCUT2D eigenvalue weighted by Gasteiger charge is -2.35. The fourth-order valence-corrected chi connectivity index (χ4v) is 6.20. The lowest BCUT2D eigenvalue weighted by atomic mass is 9.76. The fraction of sp³-hybridized carbons (Fsp3) is 0.421. The quantitative estimate of drug-likeness (QED) is 0.777. The predicted molar refractivity (Wildman–Crippen MR) is 99.7 cm³/mol.